The number of rotatable bonds is 2. The molecule has 1 aliphatic rings. The molecule has 0 aliphatic carbocycles. The normalized spacial score (nSPS) is 19.7. The standard InChI is InChI=1S/C11H12O4/c12-10(13)11(14-7-4-8-15-11)9-5-2-1-3-6-9/h1-3,5-6H,4,7-8H2,(H,12,13). The fourth-order valence-electron chi connectivity index (χ4n) is 1.60. The largest absolute Gasteiger partial charge is 0.477 e. The maximum Gasteiger partial charge on any atom is 0.369 e. The van der Waals surface area contributed by atoms with Crippen molar-refractivity contribution in [2.45, 2.75) is 12.2 Å². The zero-order chi connectivity index (χ0) is 10.7. The fraction of sp³-hybridized carbons (Fsp3) is 0.364. The molecule has 0 amide bonds. The second-order valence-electron chi connectivity index (χ2n) is 3.34. The molecule has 4 heteroatoms. The lowest BCUT2D eigenvalue weighted by Gasteiger charge is -2.33. The predicted octanol–water partition coefficient (Wildman–Crippen LogP) is 1.36. The van der Waals surface area contributed by atoms with Crippen molar-refractivity contribution < 1.29 is 19.4 Å². The van der Waals surface area contributed by atoms with Gasteiger partial charge in [0.15, 0.2) is 0 Å². The first-order valence-electron chi connectivity index (χ1n) is 4.82. The van der Waals surface area contributed by atoms with E-state index in [4.69, 9.17) is 9.47 Å². The van der Waals surface area contributed by atoms with Gasteiger partial charge in [-0.05, 0) is 6.42 Å². The van der Waals surface area contributed by atoms with Crippen LogP contribution in [-0.4, -0.2) is 24.3 Å². The van der Waals surface area contributed by atoms with E-state index in [0.717, 1.165) is 6.42 Å². The van der Waals surface area contributed by atoms with Gasteiger partial charge in [0.1, 0.15) is 0 Å². The van der Waals surface area contributed by atoms with Gasteiger partial charge in [-0.1, -0.05) is 30.3 Å². The van der Waals surface area contributed by atoms with Crippen LogP contribution in [0.2, 0.25) is 0 Å². The molecule has 80 valence electrons. The Hall–Kier alpha value is -1.39. The Morgan fingerprint density at radius 3 is 2.33 bits per heavy atom. The van der Waals surface area contributed by atoms with Crippen molar-refractivity contribution in [3.05, 3.63) is 35.9 Å². The van der Waals surface area contributed by atoms with E-state index in [1.807, 2.05) is 6.07 Å². The highest BCUT2D eigenvalue weighted by Crippen LogP contribution is 2.30. The van der Waals surface area contributed by atoms with E-state index in [2.05, 4.69) is 0 Å². The van der Waals surface area contributed by atoms with E-state index >= 15 is 0 Å². The minimum absolute atomic E-state index is 0.404. The Labute approximate surface area is 87.4 Å². The van der Waals surface area contributed by atoms with Crippen LogP contribution in [0.5, 0.6) is 0 Å². The zero-order valence-electron chi connectivity index (χ0n) is 8.18. The fourth-order valence-corrected chi connectivity index (χ4v) is 1.60. The van der Waals surface area contributed by atoms with Crippen LogP contribution in [-0.2, 0) is 20.1 Å². The molecule has 0 aromatic heterocycles. The smallest absolute Gasteiger partial charge is 0.369 e. The Kier molecular flexibility index (Phi) is 2.70. The molecule has 1 aromatic carbocycles. The molecule has 1 heterocycles. The van der Waals surface area contributed by atoms with Crippen LogP contribution in [0.25, 0.3) is 0 Å². The van der Waals surface area contributed by atoms with Gasteiger partial charge >= 0.3 is 5.97 Å². The van der Waals surface area contributed by atoms with Gasteiger partial charge in [0.2, 0.25) is 0 Å². The summed E-state index contributed by atoms with van der Waals surface area (Å²) >= 11 is 0. The van der Waals surface area contributed by atoms with E-state index in [-0.39, 0.29) is 0 Å². The summed E-state index contributed by atoms with van der Waals surface area (Å²) in [5.41, 5.74) is 0.525. The highest BCUT2D eigenvalue weighted by Gasteiger charge is 2.44. The average Bonchev–Trinajstić information content (AvgIpc) is 2.31. The van der Waals surface area contributed by atoms with Gasteiger partial charge in [0.05, 0.1) is 13.2 Å². The first-order valence-corrected chi connectivity index (χ1v) is 4.82. The molecule has 1 saturated heterocycles. The highest BCUT2D eigenvalue weighted by molar-refractivity contribution is 5.77. The second-order valence-corrected chi connectivity index (χ2v) is 3.34. The third kappa shape index (κ3) is 1.73. The lowest BCUT2D eigenvalue weighted by Crippen LogP contribution is -2.45. The van der Waals surface area contributed by atoms with Crippen LogP contribution < -0.4 is 0 Å². The van der Waals surface area contributed by atoms with Crippen LogP contribution in [0.3, 0.4) is 0 Å². The van der Waals surface area contributed by atoms with Gasteiger partial charge in [-0.3, -0.25) is 0 Å². The van der Waals surface area contributed by atoms with E-state index in [1.54, 1.807) is 24.3 Å². The summed E-state index contributed by atoms with van der Waals surface area (Å²) in [6, 6.07) is 8.74. The van der Waals surface area contributed by atoms with Crippen LogP contribution >= 0.6 is 0 Å². The molecule has 0 unspecified atom stereocenters. The van der Waals surface area contributed by atoms with Gasteiger partial charge in [-0.15, -0.1) is 0 Å². The van der Waals surface area contributed by atoms with Crippen molar-refractivity contribution in [2.24, 2.45) is 0 Å². The summed E-state index contributed by atoms with van der Waals surface area (Å²) in [5.74, 6) is -2.71. The Balaban J connectivity index is 2.38. The van der Waals surface area contributed by atoms with Gasteiger partial charge in [0.25, 0.3) is 5.79 Å². The lowest BCUT2D eigenvalue weighted by molar-refractivity contribution is -0.273. The van der Waals surface area contributed by atoms with E-state index in [9.17, 15) is 9.90 Å². The van der Waals surface area contributed by atoms with Gasteiger partial charge in [-0.2, -0.15) is 0 Å². The molecule has 1 aliphatic heterocycles. The van der Waals surface area contributed by atoms with Crippen LogP contribution in [0.4, 0.5) is 0 Å². The summed E-state index contributed by atoms with van der Waals surface area (Å²) in [6.45, 7) is 0.808. The number of ether oxygens (including phenoxy) is 2. The molecular weight excluding hydrogens is 196 g/mol. The molecule has 4 nitrogen and oxygen atoms in total. The molecule has 0 saturated carbocycles. The van der Waals surface area contributed by atoms with Crippen LogP contribution in [0.15, 0.2) is 30.3 Å². The topological polar surface area (TPSA) is 55.8 Å². The number of carboxylic acids is 1. The molecule has 15 heavy (non-hydrogen) atoms. The number of hydrogen-bond acceptors (Lipinski definition) is 3. The minimum Gasteiger partial charge on any atom is -0.477 e. The SMILES string of the molecule is O=C(O)C1(c2ccccc2)OCCCO1. The lowest BCUT2D eigenvalue weighted by atomic mass is 10.1. The maximum atomic E-state index is 11.2. The number of aliphatic carboxylic acids is 1. The van der Waals surface area contributed by atoms with Crippen LogP contribution in [0, 0.1) is 0 Å². The average molecular weight is 208 g/mol. The molecular formula is C11H12O4. The van der Waals surface area contributed by atoms with Crippen molar-refractivity contribution >= 4 is 5.97 Å². The Morgan fingerprint density at radius 1 is 1.20 bits per heavy atom. The Bertz CT molecular complexity index is 341. The van der Waals surface area contributed by atoms with Crippen molar-refractivity contribution in [2.75, 3.05) is 13.2 Å². The van der Waals surface area contributed by atoms with E-state index in [1.165, 1.54) is 0 Å². The monoisotopic (exact) mass is 208 g/mol. The first-order chi connectivity index (χ1) is 7.26. The van der Waals surface area contributed by atoms with Gasteiger partial charge in [-0.25, -0.2) is 4.79 Å². The molecule has 1 fully saturated rings. The summed E-state index contributed by atoms with van der Waals surface area (Å²) in [6.07, 6.45) is 0.724. The quantitative estimate of drug-likeness (QED) is 0.797. The number of benzene rings is 1. The second kappa shape index (κ2) is 4.00. The molecule has 1 aromatic rings. The number of hydrogen-bond donors (Lipinski definition) is 1. The van der Waals surface area contributed by atoms with Crippen LogP contribution in [0.1, 0.15) is 12.0 Å². The molecule has 2 rings (SSSR count). The molecule has 1 N–H and O–H groups in total. The van der Waals surface area contributed by atoms with Gasteiger partial charge in [0, 0.05) is 5.56 Å². The van der Waals surface area contributed by atoms with Crippen molar-refractivity contribution in [1.29, 1.82) is 0 Å². The van der Waals surface area contributed by atoms with Crippen molar-refractivity contribution in [1.82, 2.24) is 0 Å². The molecule has 0 bridgehead atoms. The highest BCUT2D eigenvalue weighted by atomic mass is 16.7. The minimum atomic E-state index is -1.61. The Morgan fingerprint density at radius 2 is 1.80 bits per heavy atom. The summed E-state index contributed by atoms with van der Waals surface area (Å²) < 4.78 is 10.6. The first kappa shape index (κ1) is 10.1. The molecule has 0 spiro atoms. The van der Waals surface area contributed by atoms with Gasteiger partial charge < -0.3 is 14.6 Å². The number of carboxylic acid groups (broad SMARTS) is 1. The van der Waals surface area contributed by atoms with E-state index < -0.39 is 11.8 Å². The third-order valence-corrected chi connectivity index (χ3v) is 2.33. The van der Waals surface area contributed by atoms with Crippen molar-refractivity contribution in [3.63, 3.8) is 0 Å². The maximum absolute atomic E-state index is 11.2. The molecule has 0 atom stereocenters. The van der Waals surface area contributed by atoms with E-state index in [0.29, 0.717) is 18.8 Å². The predicted molar refractivity (Wildman–Crippen MR) is 52.3 cm³/mol. The summed E-state index contributed by atoms with van der Waals surface area (Å²) in [5, 5.41) is 9.19. The third-order valence-electron chi connectivity index (χ3n) is 2.33. The zero-order valence-corrected chi connectivity index (χ0v) is 8.18. The summed E-state index contributed by atoms with van der Waals surface area (Å²) in [4.78, 5) is 11.2. The van der Waals surface area contributed by atoms with Crippen molar-refractivity contribution in [3.8, 4) is 0 Å². The number of carbonyl (C=O) groups is 1. The molecule has 0 radical (unpaired) electrons. The summed E-state index contributed by atoms with van der Waals surface area (Å²) in [7, 11) is 0.